The molecular formula is C29H37N7O2S. The Labute approximate surface area is 233 Å². The van der Waals surface area contributed by atoms with Crippen LogP contribution >= 0.6 is 11.3 Å². The fourth-order valence-electron chi connectivity index (χ4n) is 6.38. The Balaban J connectivity index is 1.24. The van der Waals surface area contributed by atoms with Crippen LogP contribution < -0.4 is 10.6 Å². The van der Waals surface area contributed by atoms with Crippen LogP contribution in [0.15, 0.2) is 24.5 Å². The van der Waals surface area contributed by atoms with Crippen molar-refractivity contribution in [2.45, 2.75) is 76.8 Å². The van der Waals surface area contributed by atoms with Gasteiger partial charge in [0.1, 0.15) is 0 Å². The number of nitrogens with zero attached hydrogens (tertiary/aromatic N) is 5. The molecule has 2 N–H and O–H groups in total. The van der Waals surface area contributed by atoms with E-state index in [1.165, 1.54) is 23.8 Å². The number of carbonyl (C=O) groups excluding carboxylic acids is 2. The van der Waals surface area contributed by atoms with Crippen LogP contribution in [0, 0.1) is 5.92 Å². The summed E-state index contributed by atoms with van der Waals surface area (Å²) in [6, 6.07) is 4.53. The molecule has 1 atom stereocenters. The first-order valence-electron chi connectivity index (χ1n) is 14.2. The summed E-state index contributed by atoms with van der Waals surface area (Å²) in [6.07, 6.45) is 12.1. The van der Waals surface area contributed by atoms with Crippen molar-refractivity contribution >= 4 is 28.3 Å². The van der Waals surface area contributed by atoms with E-state index in [0.29, 0.717) is 11.2 Å². The van der Waals surface area contributed by atoms with Crippen molar-refractivity contribution < 1.29 is 9.59 Å². The molecule has 0 spiro atoms. The molecule has 206 valence electrons. The topological polar surface area (TPSA) is 105 Å². The number of hydrogen-bond acceptors (Lipinski definition) is 7. The van der Waals surface area contributed by atoms with Crippen molar-refractivity contribution in [3.63, 3.8) is 0 Å². The zero-order chi connectivity index (χ0) is 26.9. The number of hydrogen-bond donors (Lipinski definition) is 2. The lowest BCUT2D eigenvalue weighted by atomic mass is 9.85. The van der Waals surface area contributed by atoms with Gasteiger partial charge >= 0.3 is 0 Å². The van der Waals surface area contributed by atoms with Crippen LogP contribution in [0.2, 0.25) is 0 Å². The van der Waals surface area contributed by atoms with Gasteiger partial charge in [0.25, 0.3) is 0 Å². The third-order valence-electron chi connectivity index (χ3n) is 8.46. The van der Waals surface area contributed by atoms with Gasteiger partial charge in [-0.1, -0.05) is 11.3 Å². The molecule has 6 rings (SSSR count). The number of fused-ring (bicyclic) bond motifs is 3. The first-order chi connectivity index (χ1) is 19.0. The number of anilines is 1. The van der Waals surface area contributed by atoms with Gasteiger partial charge < -0.3 is 15.5 Å². The number of thiazole rings is 1. The molecule has 2 fully saturated rings. The number of aryl methyl sites for hydroxylation is 1. The summed E-state index contributed by atoms with van der Waals surface area (Å²) >= 11 is 1.53. The molecule has 1 aliphatic heterocycles. The SMILES string of the molecule is CC(=O)Nc1nc2c(s1)-c1c(c(-c3cccnc3)nn1[C@H]1CC[C@H](C(=O)NC3CCCN(C)CC3)CC1)CC2. The molecule has 0 aromatic carbocycles. The van der Waals surface area contributed by atoms with Crippen molar-refractivity contribution in [2.75, 3.05) is 25.5 Å². The monoisotopic (exact) mass is 547 g/mol. The van der Waals surface area contributed by atoms with E-state index in [2.05, 4.69) is 38.3 Å². The maximum atomic E-state index is 13.2. The van der Waals surface area contributed by atoms with Crippen LogP contribution in [0.5, 0.6) is 0 Å². The van der Waals surface area contributed by atoms with Crippen LogP contribution in [0.4, 0.5) is 5.13 Å². The van der Waals surface area contributed by atoms with Crippen LogP contribution in [-0.2, 0) is 22.4 Å². The maximum Gasteiger partial charge on any atom is 0.223 e. The Hall–Kier alpha value is -3.11. The molecule has 1 saturated heterocycles. The summed E-state index contributed by atoms with van der Waals surface area (Å²) in [5, 5.41) is 12.1. The third kappa shape index (κ3) is 5.49. The molecule has 2 aliphatic carbocycles. The zero-order valence-corrected chi connectivity index (χ0v) is 23.6. The highest BCUT2D eigenvalue weighted by atomic mass is 32.1. The van der Waals surface area contributed by atoms with Gasteiger partial charge in [-0.25, -0.2) is 4.98 Å². The largest absolute Gasteiger partial charge is 0.353 e. The highest BCUT2D eigenvalue weighted by molar-refractivity contribution is 7.19. The summed E-state index contributed by atoms with van der Waals surface area (Å²) in [7, 11) is 2.16. The molecule has 39 heavy (non-hydrogen) atoms. The van der Waals surface area contributed by atoms with Gasteiger partial charge in [-0.05, 0) is 90.1 Å². The predicted molar refractivity (Wildman–Crippen MR) is 153 cm³/mol. The van der Waals surface area contributed by atoms with Crippen molar-refractivity contribution in [1.29, 1.82) is 0 Å². The first-order valence-corrected chi connectivity index (χ1v) is 15.1. The number of pyridine rings is 1. The highest BCUT2D eigenvalue weighted by Gasteiger charge is 2.35. The lowest BCUT2D eigenvalue weighted by molar-refractivity contribution is -0.127. The van der Waals surface area contributed by atoms with Crippen LogP contribution in [0.3, 0.4) is 0 Å². The van der Waals surface area contributed by atoms with Crippen LogP contribution in [-0.4, -0.2) is 62.6 Å². The van der Waals surface area contributed by atoms with E-state index in [1.807, 2.05) is 12.3 Å². The molecule has 3 aromatic rings. The summed E-state index contributed by atoms with van der Waals surface area (Å²) in [6.45, 7) is 3.67. The van der Waals surface area contributed by atoms with E-state index >= 15 is 0 Å². The predicted octanol–water partition coefficient (Wildman–Crippen LogP) is 4.46. The zero-order valence-electron chi connectivity index (χ0n) is 22.8. The van der Waals surface area contributed by atoms with Crippen molar-refractivity contribution in [1.82, 2.24) is 30.0 Å². The van der Waals surface area contributed by atoms with Gasteiger partial charge in [0.05, 0.1) is 28.0 Å². The van der Waals surface area contributed by atoms with E-state index in [9.17, 15) is 9.59 Å². The molecular weight excluding hydrogens is 510 g/mol. The van der Waals surface area contributed by atoms with Crippen molar-refractivity contribution in [2.24, 2.45) is 5.92 Å². The van der Waals surface area contributed by atoms with Crippen LogP contribution in [0.1, 0.15) is 69.2 Å². The number of rotatable bonds is 5. The molecule has 1 unspecified atom stereocenters. The third-order valence-corrected chi connectivity index (χ3v) is 9.48. The minimum atomic E-state index is -0.113. The minimum Gasteiger partial charge on any atom is -0.353 e. The van der Waals surface area contributed by atoms with Gasteiger partial charge in [-0.15, -0.1) is 0 Å². The maximum absolute atomic E-state index is 13.2. The standard InChI is InChI=1S/C29H37N7O2S/c1-18(37)31-29-33-24-12-11-23-25(20-5-3-14-30-17-20)34-36(26(23)27(24)39-29)22-9-7-19(8-10-22)28(38)32-21-6-4-15-35(2)16-13-21/h3,5,14,17,19,21-22H,4,6-13,15-16H2,1-2H3,(H,32,38)(H,31,33,37)/t19-,21?,22-. The van der Waals surface area contributed by atoms with Gasteiger partial charge in [0.15, 0.2) is 5.13 Å². The molecule has 3 aromatic heterocycles. The first kappa shape index (κ1) is 26.1. The average Bonchev–Trinajstić information content (AvgIpc) is 3.46. The molecule has 9 nitrogen and oxygen atoms in total. The van der Waals surface area contributed by atoms with Crippen LogP contribution in [0.25, 0.3) is 21.8 Å². The van der Waals surface area contributed by atoms with Crippen molar-refractivity contribution in [3.05, 3.63) is 35.8 Å². The number of aromatic nitrogens is 4. The molecule has 0 bridgehead atoms. The normalized spacial score (nSPS) is 23.4. The van der Waals surface area contributed by atoms with E-state index in [1.54, 1.807) is 6.20 Å². The second-order valence-corrected chi connectivity index (χ2v) is 12.3. The highest BCUT2D eigenvalue weighted by Crippen LogP contribution is 2.46. The smallest absolute Gasteiger partial charge is 0.223 e. The summed E-state index contributed by atoms with van der Waals surface area (Å²) in [4.78, 5) is 37.4. The Morgan fingerprint density at radius 3 is 2.69 bits per heavy atom. The molecule has 1 saturated carbocycles. The summed E-state index contributed by atoms with van der Waals surface area (Å²) in [5.74, 6) is 0.182. The van der Waals surface area contributed by atoms with Gasteiger partial charge in [-0.3, -0.25) is 19.3 Å². The Morgan fingerprint density at radius 1 is 1.08 bits per heavy atom. The van der Waals surface area contributed by atoms with E-state index in [0.717, 1.165) is 98.4 Å². The van der Waals surface area contributed by atoms with E-state index in [4.69, 9.17) is 10.1 Å². The van der Waals surface area contributed by atoms with Gasteiger partial charge in [0, 0.05) is 42.4 Å². The Kier molecular flexibility index (Phi) is 7.49. The van der Waals surface area contributed by atoms with E-state index in [-0.39, 0.29) is 23.8 Å². The van der Waals surface area contributed by atoms with E-state index < -0.39 is 0 Å². The van der Waals surface area contributed by atoms with Gasteiger partial charge in [0.2, 0.25) is 11.8 Å². The second-order valence-electron chi connectivity index (χ2n) is 11.3. The molecule has 2 amide bonds. The average molecular weight is 548 g/mol. The number of likely N-dealkylation sites (tertiary alicyclic amines) is 1. The fourth-order valence-corrected chi connectivity index (χ4v) is 7.51. The molecule has 0 radical (unpaired) electrons. The number of carbonyl (C=O) groups is 2. The molecule has 10 heteroatoms. The van der Waals surface area contributed by atoms with Crippen molar-refractivity contribution in [3.8, 4) is 21.8 Å². The number of nitrogens with one attached hydrogen (secondary N) is 2. The van der Waals surface area contributed by atoms with Gasteiger partial charge in [-0.2, -0.15) is 5.10 Å². The lowest BCUT2D eigenvalue weighted by Gasteiger charge is -2.30. The molecule has 4 heterocycles. The fraction of sp³-hybridized carbons (Fsp3) is 0.552. The molecule has 3 aliphatic rings. The quantitative estimate of drug-likeness (QED) is 0.489. The number of amides is 2. The Morgan fingerprint density at radius 2 is 1.92 bits per heavy atom. The second kappa shape index (κ2) is 11.2. The summed E-state index contributed by atoms with van der Waals surface area (Å²) < 4.78 is 2.21. The Bertz CT molecular complexity index is 1340. The lowest BCUT2D eigenvalue weighted by Crippen LogP contribution is -2.40. The minimum absolute atomic E-state index is 0.0664. The summed E-state index contributed by atoms with van der Waals surface area (Å²) in [5.41, 5.74) is 5.38.